The average Bonchev–Trinajstić information content (AvgIpc) is 2.83. The fourth-order valence-corrected chi connectivity index (χ4v) is 5.04. The van der Waals surface area contributed by atoms with E-state index in [0.29, 0.717) is 18.0 Å². The summed E-state index contributed by atoms with van der Waals surface area (Å²) in [5.41, 5.74) is 10.4. The van der Waals surface area contributed by atoms with Gasteiger partial charge in [-0.25, -0.2) is 0 Å². The summed E-state index contributed by atoms with van der Waals surface area (Å²) in [5.74, 6) is 1.05. The van der Waals surface area contributed by atoms with Gasteiger partial charge in [-0.1, -0.05) is 54.1 Å². The monoisotopic (exact) mass is 464 g/mol. The number of rotatable bonds is 8. The number of nitrogens with two attached hydrogens (primary N) is 1. The van der Waals surface area contributed by atoms with Crippen molar-refractivity contribution in [1.82, 2.24) is 4.90 Å². The Hall–Kier alpha value is -3.02. The third-order valence-corrected chi connectivity index (χ3v) is 6.59. The van der Waals surface area contributed by atoms with Crippen LogP contribution in [0.15, 0.2) is 66.7 Å². The van der Waals surface area contributed by atoms with Crippen LogP contribution in [0.3, 0.4) is 0 Å². The smallest absolute Gasteiger partial charge is 0.239 e. The fraction of sp³-hybridized carbons (Fsp3) is 0.296. The maximum atomic E-state index is 12.7. The molecule has 1 amide bonds. The van der Waals surface area contributed by atoms with Crippen LogP contribution < -0.4 is 15.2 Å². The van der Waals surface area contributed by atoms with E-state index >= 15 is 0 Å². The molecule has 0 radical (unpaired) electrons. The van der Waals surface area contributed by atoms with E-state index in [4.69, 9.17) is 26.8 Å². The zero-order valence-electron chi connectivity index (χ0n) is 19.0. The van der Waals surface area contributed by atoms with E-state index in [1.165, 1.54) is 5.56 Å². The summed E-state index contributed by atoms with van der Waals surface area (Å²) in [7, 11) is 3.29. The van der Waals surface area contributed by atoms with Crippen LogP contribution in [-0.2, 0) is 17.6 Å². The van der Waals surface area contributed by atoms with Crippen molar-refractivity contribution >= 4 is 17.5 Å². The summed E-state index contributed by atoms with van der Waals surface area (Å²) in [5, 5.41) is 0.721. The van der Waals surface area contributed by atoms with Gasteiger partial charge < -0.3 is 15.2 Å². The SMILES string of the molecule is COc1cc2c(cc1OC)[C@H](CCc1cccc(Cl)c1)N([C@@H](C(N)=O)c1ccccc1)CC2. The molecule has 4 rings (SSSR count). The Balaban J connectivity index is 1.76. The number of methoxy groups -OCH3 is 2. The highest BCUT2D eigenvalue weighted by Gasteiger charge is 2.36. The first-order chi connectivity index (χ1) is 16.0. The van der Waals surface area contributed by atoms with Gasteiger partial charge in [0.05, 0.1) is 14.2 Å². The van der Waals surface area contributed by atoms with Gasteiger partial charge in [-0.15, -0.1) is 0 Å². The molecule has 5 nitrogen and oxygen atoms in total. The van der Waals surface area contributed by atoms with Gasteiger partial charge in [0.15, 0.2) is 11.5 Å². The fourth-order valence-electron chi connectivity index (χ4n) is 4.83. The summed E-state index contributed by atoms with van der Waals surface area (Å²) >= 11 is 6.22. The molecule has 2 atom stereocenters. The van der Waals surface area contributed by atoms with Crippen LogP contribution in [0.25, 0.3) is 0 Å². The molecule has 33 heavy (non-hydrogen) atoms. The lowest BCUT2D eigenvalue weighted by Gasteiger charge is -2.41. The molecule has 1 aliphatic heterocycles. The van der Waals surface area contributed by atoms with E-state index in [1.807, 2.05) is 54.6 Å². The summed E-state index contributed by atoms with van der Waals surface area (Å²) in [6.45, 7) is 0.713. The Morgan fingerprint density at radius 2 is 1.79 bits per heavy atom. The van der Waals surface area contributed by atoms with Crippen molar-refractivity contribution in [2.45, 2.75) is 31.3 Å². The number of carbonyl (C=O) groups excluding carboxylic acids is 1. The molecular weight excluding hydrogens is 436 g/mol. The van der Waals surface area contributed by atoms with Crippen LogP contribution in [0.2, 0.25) is 5.02 Å². The number of primary amides is 1. The second-order valence-corrected chi connectivity index (χ2v) is 8.73. The van der Waals surface area contributed by atoms with Crippen LogP contribution in [0.4, 0.5) is 0 Å². The van der Waals surface area contributed by atoms with Gasteiger partial charge >= 0.3 is 0 Å². The minimum absolute atomic E-state index is 0.0229. The van der Waals surface area contributed by atoms with E-state index in [1.54, 1.807) is 14.2 Å². The van der Waals surface area contributed by atoms with E-state index in [0.717, 1.165) is 41.0 Å². The van der Waals surface area contributed by atoms with Crippen LogP contribution in [0.1, 0.15) is 40.8 Å². The van der Waals surface area contributed by atoms with E-state index in [2.05, 4.69) is 17.0 Å². The largest absolute Gasteiger partial charge is 0.493 e. The van der Waals surface area contributed by atoms with Crippen LogP contribution in [0, 0.1) is 0 Å². The predicted molar refractivity (Wildman–Crippen MR) is 131 cm³/mol. The molecule has 0 aliphatic carbocycles. The van der Waals surface area contributed by atoms with Crippen LogP contribution in [-0.4, -0.2) is 31.6 Å². The standard InChI is InChI=1S/C27H29ClN2O3/c1-32-24-16-20-13-14-30(26(27(29)31)19-8-4-3-5-9-19)23(22(20)17-25(24)33-2)12-11-18-7-6-10-21(28)15-18/h3-10,15-17,23,26H,11-14H2,1-2H3,(H2,29,31)/t23-,26+/m0/s1. The van der Waals surface area contributed by atoms with Crippen molar-refractivity contribution in [2.75, 3.05) is 20.8 Å². The maximum absolute atomic E-state index is 12.7. The highest BCUT2D eigenvalue weighted by Crippen LogP contribution is 2.43. The molecule has 0 aromatic heterocycles. The average molecular weight is 465 g/mol. The third-order valence-electron chi connectivity index (χ3n) is 6.36. The maximum Gasteiger partial charge on any atom is 0.239 e. The summed E-state index contributed by atoms with van der Waals surface area (Å²) in [6, 6.07) is 21.2. The topological polar surface area (TPSA) is 64.8 Å². The third kappa shape index (κ3) is 5.00. The number of halogens is 1. The van der Waals surface area contributed by atoms with Gasteiger partial charge in [0.2, 0.25) is 5.91 Å². The molecule has 172 valence electrons. The van der Waals surface area contributed by atoms with Gasteiger partial charge in [0, 0.05) is 17.6 Å². The van der Waals surface area contributed by atoms with Crippen LogP contribution in [0.5, 0.6) is 11.5 Å². The molecular formula is C27H29ClN2O3. The quantitative estimate of drug-likeness (QED) is 0.502. The van der Waals surface area contributed by atoms with E-state index in [-0.39, 0.29) is 11.9 Å². The number of fused-ring (bicyclic) bond motifs is 1. The van der Waals surface area contributed by atoms with Crippen molar-refractivity contribution < 1.29 is 14.3 Å². The second-order valence-electron chi connectivity index (χ2n) is 8.29. The van der Waals surface area contributed by atoms with Gasteiger partial charge in [0.25, 0.3) is 0 Å². The minimum atomic E-state index is -0.517. The molecule has 1 heterocycles. The molecule has 0 unspecified atom stereocenters. The molecule has 0 saturated carbocycles. The number of amides is 1. The summed E-state index contributed by atoms with van der Waals surface area (Å²) < 4.78 is 11.1. The zero-order chi connectivity index (χ0) is 23.4. The Morgan fingerprint density at radius 3 is 2.45 bits per heavy atom. The second kappa shape index (κ2) is 10.3. The van der Waals surface area contributed by atoms with Crippen molar-refractivity contribution in [3.8, 4) is 11.5 Å². The molecule has 0 saturated heterocycles. The first-order valence-corrected chi connectivity index (χ1v) is 11.5. The van der Waals surface area contributed by atoms with Crippen LogP contribution >= 0.6 is 11.6 Å². The molecule has 0 fully saturated rings. The normalized spacial score (nSPS) is 16.6. The number of ether oxygens (including phenoxy) is 2. The highest BCUT2D eigenvalue weighted by molar-refractivity contribution is 6.30. The molecule has 0 spiro atoms. The predicted octanol–water partition coefficient (Wildman–Crippen LogP) is 5.12. The molecule has 0 bridgehead atoms. The first kappa shape index (κ1) is 23.1. The first-order valence-electron chi connectivity index (χ1n) is 11.1. The number of hydrogen-bond donors (Lipinski definition) is 1. The van der Waals surface area contributed by atoms with Gasteiger partial charge in [-0.05, 0) is 65.8 Å². The van der Waals surface area contributed by atoms with Gasteiger partial charge in [0.1, 0.15) is 6.04 Å². The van der Waals surface area contributed by atoms with Crippen molar-refractivity contribution in [3.63, 3.8) is 0 Å². The number of aryl methyl sites for hydroxylation is 1. The number of benzene rings is 3. The number of nitrogens with zero attached hydrogens (tertiary/aromatic N) is 1. The Bertz CT molecular complexity index is 1120. The molecule has 6 heteroatoms. The zero-order valence-corrected chi connectivity index (χ0v) is 19.7. The lowest BCUT2D eigenvalue weighted by molar-refractivity contribution is -0.124. The lowest BCUT2D eigenvalue weighted by Crippen LogP contribution is -2.44. The number of hydrogen-bond acceptors (Lipinski definition) is 4. The molecule has 1 aliphatic rings. The Kier molecular flexibility index (Phi) is 7.21. The molecule has 3 aromatic rings. The Morgan fingerprint density at radius 1 is 1.06 bits per heavy atom. The van der Waals surface area contributed by atoms with E-state index < -0.39 is 6.04 Å². The molecule has 3 aromatic carbocycles. The van der Waals surface area contributed by atoms with Crippen molar-refractivity contribution in [2.24, 2.45) is 5.73 Å². The van der Waals surface area contributed by atoms with Crippen molar-refractivity contribution in [3.05, 3.63) is 94.0 Å². The molecule has 2 N–H and O–H groups in total. The highest BCUT2D eigenvalue weighted by atomic mass is 35.5. The van der Waals surface area contributed by atoms with E-state index in [9.17, 15) is 4.79 Å². The van der Waals surface area contributed by atoms with Crippen molar-refractivity contribution in [1.29, 1.82) is 0 Å². The number of carbonyl (C=O) groups is 1. The van der Waals surface area contributed by atoms with Gasteiger partial charge in [-0.3, -0.25) is 9.69 Å². The summed E-state index contributed by atoms with van der Waals surface area (Å²) in [4.78, 5) is 15.0. The minimum Gasteiger partial charge on any atom is -0.493 e. The lowest BCUT2D eigenvalue weighted by atomic mass is 9.86. The summed E-state index contributed by atoms with van der Waals surface area (Å²) in [6.07, 6.45) is 2.41. The Labute approximate surface area is 200 Å². The van der Waals surface area contributed by atoms with Gasteiger partial charge in [-0.2, -0.15) is 0 Å².